The Labute approximate surface area is 314 Å². The van der Waals surface area contributed by atoms with E-state index in [1.807, 2.05) is 6.92 Å². The fourth-order valence-electron chi connectivity index (χ4n) is 6.43. The standard InChI is InChI=1S/C37H51N5O12/c1-7-36(3,34(45)38-14-8-16-51-27-10-12-30(41(47)48)26(20-27)23-43)24-37(4,22-25(2)32(44)40(5)6)35(46)39-15-9-17-52-28-11-13-31(42(49)50)29(21-28)33-53-18-19-54-33/h10-13,20-21,23,25,33H,7-9,14-19,22,24H2,1-6H3,(H,38,45)(H,39,46). The van der Waals surface area contributed by atoms with Gasteiger partial charge in [-0.2, -0.15) is 0 Å². The van der Waals surface area contributed by atoms with Gasteiger partial charge in [0.25, 0.3) is 11.4 Å². The van der Waals surface area contributed by atoms with Crippen LogP contribution in [0.3, 0.4) is 0 Å². The molecule has 1 aliphatic rings. The van der Waals surface area contributed by atoms with Crippen LogP contribution >= 0.6 is 0 Å². The van der Waals surface area contributed by atoms with Crippen molar-refractivity contribution in [3.05, 3.63) is 67.8 Å². The number of aldehydes is 1. The average molecular weight is 758 g/mol. The van der Waals surface area contributed by atoms with Crippen LogP contribution in [0.15, 0.2) is 36.4 Å². The molecule has 2 aromatic carbocycles. The summed E-state index contributed by atoms with van der Waals surface area (Å²) in [5, 5.41) is 28.5. The Bertz CT molecular complexity index is 1660. The van der Waals surface area contributed by atoms with Gasteiger partial charge in [-0.3, -0.25) is 39.4 Å². The molecule has 0 saturated carbocycles. The zero-order chi connectivity index (χ0) is 40.1. The minimum absolute atomic E-state index is 0.103. The van der Waals surface area contributed by atoms with Crippen molar-refractivity contribution in [1.29, 1.82) is 0 Å². The van der Waals surface area contributed by atoms with Crippen molar-refractivity contribution in [1.82, 2.24) is 15.5 Å². The maximum atomic E-state index is 13.9. The molecule has 2 aromatic rings. The second kappa shape index (κ2) is 19.8. The van der Waals surface area contributed by atoms with Gasteiger partial charge in [0.15, 0.2) is 12.6 Å². The molecule has 3 atom stereocenters. The second-order valence-electron chi connectivity index (χ2n) is 14.1. The molecule has 1 saturated heterocycles. The molecule has 0 radical (unpaired) electrons. The summed E-state index contributed by atoms with van der Waals surface area (Å²) in [6, 6.07) is 8.22. The predicted molar refractivity (Wildman–Crippen MR) is 196 cm³/mol. The Morgan fingerprint density at radius 3 is 1.93 bits per heavy atom. The zero-order valence-electron chi connectivity index (χ0n) is 31.7. The summed E-state index contributed by atoms with van der Waals surface area (Å²) in [7, 11) is 3.29. The minimum atomic E-state index is -1.11. The Kier molecular flexibility index (Phi) is 15.8. The molecule has 0 aromatic heterocycles. The molecule has 17 nitrogen and oxygen atoms in total. The fraction of sp³-hybridized carbons (Fsp3) is 0.568. The van der Waals surface area contributed by atoms with Crippen molar-refractivity contribution < 1.29 is 48.0 Å². The number of carbonyl (C=O) groups is 4. The number of benzene rings is 2. The van der Waals surface area contributed by atoms with Crippen molar-refractivity contribution in [3.63, 3.8) is 0 Å². The zero-order valence-corrected chi connectivity index (χ0v) is 31.7. The molecule has 0 bridgehead atoms. The fourth-order valence-corrected chi connectivity index (χ4v) is 6.43. The van der Waals surface area contributed by atoms with E-state index >= 15 is 0 Å². The quantitative estimate of drug-likeness (QED) is 0.0719. The Hall–Kier alpha value is -5.16. The van der Waals surface area contributed by atoms with Crippen LogP contribution in [0.4, 0.5) is 11.4 Å². The third-order valence-electron chi connectivity index (χ3n) is 9.42. The lowest BCUT2D eigenvalue weighted by Crippen LogP contribution is -2.49. The lowest BCUT2D eigenvalue weighted by atomic mass is 9.67. The maximum absolute atomic E-state index is 13.9. The number of rotatable bonds is 22. The SMILES string of the molecule is CCC(C)(CC(C)(CC(C)C(=O)N(C)C)C(=O)NCCCOc1ccc([N+](=O)[O-])c(C2OCCO2)c1)C(=O)NCCCOc1ccc([N+](=O)[O-])c(C=O)c1. The van der Waals surface area contributed by atoms with Crippen LogP contribution in [0, 0.1) is 37.0 Å². The van der Waals surface area contributed by atoms with Gasteiger partial charge in [0.2, 0.25) is 17.7 Å². The molecule has 1 fully saturated rings. The summed E-state index contributed by atoms with van der Waals surface area (Å²) in [4.78, 5) is 74.5. The average Bonchev–Trinajstić information content (AvgIpc) is 3.68. The summed E-state index contributed by atoms with van der Waals surface area (Å²) in [6.07, 6.45) is 1.09. The van der Waals surface area contributed by atoms with Gasteiger partial charge in [0, 0.05) is 56.1 Å². The molecule has 0 aliphatic carbocycles. The molecule has 296 valence electrons. The van der Waals surface area contributed by atoms with Crippen LogP contribution in [-0.4, -0.2) is 92.4 Å². The van der Waals surface area contributed by atoms with E-state index in [0.29, 0.717) is 44.5 Å². The molecule has 2 N–H and O–H groups in total. The normalized spacial score (nSPS) is 15.6. The van der Waals surface area contributed by atoms with Crippen LogP contribution < -0.4 is 20.1 Å². The lowest BCUT2D eigenvalue weighted by molar-refractivity contribution is -0.386. The number of nitrogens with zero attached hydrogens (tertiary/aromatic N) is 3. The Morgan fingerprint density at radius 2 is 1.43 bits per heavy atom. The summed E-state index contributed by atoms with van der Waals surface area (Å²) in [5.74, 6) is -0.562. The monoisotopic (exact) mass is 757 g/mol. The van der Waals surface area contributed by atoms with Crippen LogP contribution in [0.5, 0.6) is 11.5 Å². The lowest BCUT2D eigenvalue weighted by Gasteiger charge is -2.39. The summed E-state index contributed by atoms with van der Waals surface area (Å²) in [6.45, 7) is 8.66. The molecule has 0 spiro atoms. The first-order chi connectivity index (χ1) is 25.5. The molecule has 3 rings (SSSR count). The van der Waals surface area contributed by atoms with Gasteiger partial charge < -0.3 is 34.5 Å². The smallest absolute Gasteiger partial charge is 0.280 e. The van der Waals surface area contributed by atoms with Gasteiger partial charge in [-0.1, -0.05) is 27.7 Å². The van der Waals surface area contributed by atoms with Crippen molar-refractivity contribution in [2.24, 2.45) is 16.7 Å². The number of amides is 3. The van der Waals surface area contributed by atoms with Crippen LogP contribution in [-0.2, 0) is 23.9 Å². The third kappa shape index (κ3) is 11.7. The summed E-state index contributed by atoms with van der Waals surface area (Å²) >= 11 is 0. The summed E-state index contributed by atoms with van der Waals surface area (Å²) in [5.41, 5.74) is -2.40. The molecule has 3 amide bonds. The summed E-state index contributed by atoms with van der Waals surface area (Å²) < 4.78 is 22.4. The number of hydrogen-bond donors (Lipinski definition) is 2. The van der Waals surface area contributed by atoms with E-state index in [1.54, 1.807) is 34.9 Å². The van der Waals surface area contributed by atoms with Crippen LogP contribution in [0.25, 0.3) is 0 Å². The highest BCUT2D eigenvalue weighted by molar-refractivity contribution is 5.87. The minimum Gasteiger partial charge on any atom is -0.494 e. The molecule has 3 unspecified atom stereocenters. The Balaban J connectivity index is 1.60. The first-order valence-electron chi connectivity index (χ1n) is 17.8. The molecular formula is C37H51N5O12. The van der Waals surface area contributed by atoms with E-state index < -0.39 is 32.9 Å². The number of hydrogen-bond acceptors (Lipinski definition) is 12. The highest BCUT2D eigenvalue weighted by Crippen LogP contribution is 2.42. The molecule has 1 aliphatic heterocycles. The molecule has 17 heteroatoms. The van der Waals surface area contributed by atoms with Gasteiger partial charge in [0.1, 0.15) is 11.5 Å². The van der Waals surface area contributed by atoms with Gasteiger partial charge in [-0.25, -0.2) is 0 Å². The highest BCUT2D eigenvalue weighted by Gasteiger charge is 2.45. The van der Waals surface area contributed by atoms with Crippen LogP contribution in [0.2, 0.25) is 0 Å². The number of ether oxygens (including phenoxy) is 4. The van der Waals surface area contributed by atoms with E-state index in [9.17, 15) is 39.4 Å². The number of nitro benzene ring substituents is 2. The van der Waals surface area contributed by atoms with Crippen LogP contribution in [0.1, 0.15) is 82.0 Å². The van der Waals surface area contributed by atoms with Crippen molar-refractivity contribution >= 4 is 35.4 Å². The highest BCUT2D eigenvalue weighted by atomic mass is 16.7. The van der Waals surface area contributed by atoms with E-state index in [0.717, 1.165) is 0 Å². The first kappa shape index (κ1) is 43.2. The second-order valence-corrected chi connectivity index (χ2v) is 14.1. The van der Waals surface area contributed by atoms with Gasteiger partial charge in [-0.15, -0.1) is 0 Å². The van der Waals surface area contributed by atoms with Gasteiger partial charge >= 0.3 is 0 Å². The van der Waals surface area contributed by atoms with Crippen molar-refractivity contribution in [2.45, 2.75) is 66.1 Å². The Morgan fingerprint density at radius 1 is 0.907 bits per heavy atom. The van der Waals surface area contributed by atoms with Crippen molar-refractivity contribution in [2.75, 3.05) is 53.6 Å². The van der Waals surface area contributed by atoms with E-state index in [4.69, 9.17) is 18.9 Å². The molecule has 1 heterocycles. The van der Waals surface area contributed by atoms with E-state index in [1.165, 1.54) is 41.3 Å². The third-order valence-corrected chi connectivity index (χ3v) is 9.42. The molecule has 54 heavy (non-hydrogen) atoms. The van der Waals surface area contributed by atoms with Gasteiger partial charge in [0.05, 0.1) is 47.4 Å². The largest absolute Gasteiger partial charge is 0.494 e. The number of nitrogens with one attached hydrogen (secondary N) is 2. The first-order valence-corrected chi connectivity index (χ1v) is 17.8. The predicted octanol–water partition coefficient (Wildman–Crippen LogP) is 4.76. The van der Waals surface area contributed by atoms with E-state index in [2.05, 4.69) is 10.6 Å². The van der Waals surface area contributed by atoms with E-state index in [-0.39, 0.29) is 85.1 Å². The van der Waals surface area contributed by atoms with Crippen molar-refractivity contribution in [3.8, 4) is 11.5 Å². The maximum Gasteiger partial charge on any atom is 0.280 e. The van der Waals surface area contributed by atoms with Gasteiger partial charge in [-0.05, 0) is 56.4 Å². The number of carbonyl (C=O) groups excluding carboxylic acids is 4. The molecular weight excluding hydrogens is 706 g/mol. The topological polar surface area (TPSA) is 219 Å². The number of nitro groups is 2.